The fourth-order valence-corrected chi connectivity index (χ4v) is 1.35. The van der Waals surface area contributed by atoms with Gasteiger partial charge in [-0.25, -0.2) is 0 Å². The molecule has 0 spiro atoms. The molecule has 0 unspecified atom stereocenters. The number of carbonyl (C=O) groups is 1. The van der Waals surface area contributed by atoms with Gasteiger partial charge in [0.2, 0.25) is 5.91 Å². The fraction of sp³-hybridized carbons (Fsp3) is 0.917. The number of rotatable bonds is 5. The Morgan fingerprint density at radius 2 is 1.43 bits per heavy atom. The minimum absolute atomic E-state index is 0.187. The van der Waals surface area contributed by atoms with Gasteiger partial charge in [-0.15, -0.1) is 0 Å². The number of amides is 1. The Balaban J connectivity index is 3.70. The monoisotopic (exact) mass is 199 g/mol. The van der Waals surface area contributed by atoms with E-state index < -0.39 is 0 Å². The Kier molecular flexibility index (Phi) is 4.63. The molecule has 0 atom stereocenters. The predicted octanol–water partition coefficient (Wildman–Crippen LogP) is 3.10. The van der Waals surface area contributed by atoms with Crippen LogP contribution in [0.4, 0.5) is 0 Å². The summed E-state index contributed by atoms with van der Waals surface area (Å²) in [5.41, 5.74) is 5.36. The standard InChI is InChI=1S/C12H25NO/c1-11(2,3)8-6-7-9-12(4,5)10(13)14/h6-9H2,1-5H3,(H2,13,14). The molecule has 0 bridgehead atoms. The molecule has 0 aliphatic carbocycles. The molecule has 2 N–H and O–H groups in total. The summed E-state index contributed by atoms with van der Waals surface area (Å²) in [5.74, 6) is -0.187. The van der Waals surface area contributed by atoms with Crippen LogP contribution >= 0.6 is 0 Å². The summed E-state index contributed by atoms with van der Waals surface area (Å²) in [6.07, 6.45) is 4.38. The molecule has 2 nitrogen and oxygen atoms in total. The van der Waals surface area contributed by atoms with E-state index in [-0.39, 0.29) is 11.3 Å². The second-order valence-electron chi connectivity index (χ2n) is 6.02. The highest BCUT2D eigenvalue weighted by Crippen LogP contribution is 2.26. The molecular formula is C12H25NO. The summed E-state index contributed by atoms with van der Waals surface area (Å²) >= 11 is 0. The van der Waals surface area contributed by atoms with Crippen LogP contribution in [0.2, 0.25) is 0 Å². The highest BCUT2D eigenvalue weighted by molar-refractivity contribution is 5.79. The van der Waals surface area contributed by atoms with E-state index in [9.17, 15) is 4.79 Å². The predicted molar refractivity (Wildman–Crippen MR) is 60.9 cm³/mol. The number of carbonyl (C=O) groups excluding carboxylic acids is 1. The van der Waals surface area contributed by atoms with Crippen molar-refractivity contribution in [3.05, 3.63) is 0 Å². The first kappa shape index (κ1) is 13.5. The second kappa shape index (κ2) is 4.81. The van der Waals surface area contributed by atoms with Gasteiger partial charge < -0.3 is 5.73 Å². The van der Waals surface area contributed by atoms with Gasteiger partial charge in [-0.05, 0) is 18.3 Å². The zero-order valence-corrected chi connectivity index (χ0v) is 10.3. The number of unbranched alkanes of at least 4 members (excludes halogenated alkanes) is 1. The lowest BCUT2D eigenvalue weighted by molar-refractivity contribution is -0.126. The molecule has 0 fully saturated rings. The Hall–Kier alpha value is -0.530. The van der Waals surface area contributed by atoms with Gasteiger partial charge >= 0.3 is 0 Å². The van der Waals surface area contributed by atoms with E-state index in [4.69, 9.17) is 5.73 Å². The van der Waals surface area contributed by atoms with Gasteiger partial charge in [0.15, 0.2) is 0 Å². The van der Waals surface area contributed by atoms with E-state index in [0.29, 0.717) is 5.41 Å². The third-order valence-electron chi connectivity index (χ3n) is 2.65. The van der Waals surface area contributed by atoms with E-state index in [1.165, 1.54) is 12.8 Å². The van der Waals surface area contributed by atoms with E-state index >= 15 is 0 Å². The molecule has 0 aliphatic rings. The Bertz CT molecular complexity index is 189. The molecule has 84 valence electrons. The maximum absolute atomic E-state index is 11.0. The van der Waals surface area contributed by atoms with Crippen LogP contribution in [-0.2, 0) is 4.79 Å². The largest absolute Gasteiger partial charge is 0.369 e. The van der Waals surface area contributed by atoms with Gasteiger partial charge in [-0.1, -0.05) is 47.5 Å². The van der Waals surface area contributed by atoms with E-state index in [2.05, 4.69) is 20.8 Å². The van der Waals surface area contributed by atoms with Crippen molar-refractivity contribution in [3.8, 4) is 0 Å². The van der Waals surface area contributed by atoms with Crippen molar-refractivity contribution < 1.29 is 4.79 Å². The molecule has 0 aromatic carbocycles. The number of primary amides is 1. The second-order valence-corrected chi connectivity index (χ2v) is 6.02. The molecule has 0 radical (unpaired) electrons. The summed E-state index contributed by atoms with van der Waals surface area (Å²) in [4.78, 5) is 11.0. The summed E-state index contributed by atoms with van der Waals surface area (Å²) in [7, 11) is 0. The molecule has 0 aliphatic heterocycles. The molecule has 0 aromatic heterocycles. The van der Waals surface area contributed by atoms with Crippen LogP contribution in [-0.4, -0.2) is 5.91 Å². The molecule has 0 aromatic rings. The van der Waals surface area contributed by atoms with Crippen LogP contribution in [0, 0.1) is 10.8 Å². The van der Waals surface area contributed by atoms with Gasteiger partial charge in [0.1, 0.15) is 0 Å². The molecular weight excluding hydrogens is 174 g/mol. The highest BCUT2D eigenvalue weighted by atomic mass is 16.1. The average Bonchev–Trinajstić information content (AvgIpc) is 1.96. The SMILES string of the molecule is CC(C)(C)CCCCC(C)(C)C(N)=O. The van der Waals surface area contributed by atoms with Crippen molar-refractivity contribution in [2.45, 2.75) is 60.3 Å². The van der Waals surface area contributed by atoms with Crippen molar-refractivity contribution in [1.82, 2.24) is 0 Å². The van der Waals surface area contributed by atoms with Crippen molar-refractivity contribution in [1.29, 1.82) is 0 Å². The minimum atomic E-state index is -0.335. The molecule has 0 saturated heterocycles. The summed E-state index contributed by atoms with van der Waals surface area (Å²) in [6.45, 7) is 10.6. The third-order valence-corrected chi connectivity index (χ3v) is 2.65. The number of hydrogen-bond acceptors (Lipinski definition) is 1. The molecule has 14 heavy (non-hydrogen) atoms. The maximum Gasteiger partial charge on any atom is 0.223 e. The molecule has 0 rings (SSSR count). The topological polar surface area (TPSA) is 43.1 Å². The lowest BCUT2D eigenvalue weighted by Gasteiger charge is -2.22. The normalized spacial score (nSPS) is 12.9. The van der Waals surface area contributed by atoms with E-state index in [1.807, 2.05) is 13.8 Å². The zero-order chi connectivity index (χ0) is 11.4. The lowest BCUT2D eigenvalue weighted by Crippen LogP contribution is -2.31. The van der Waals surface area contributed by atoms with Gasteiger partial charge in [0.25, 0.3) is 0 Å². The molecule has 1 amide bonds. The minimum Gasteiger partial charge on any atom is -0.369 e. The zero-order valence-electron chi connectivity index (χ0n) is 10.3. The van der Waals surface area contributed by atoms with Crippen LogP contribution in [0.15, 0.2) is 0 Å². The maximum atomic E-state index is 11.0. The summed E-state index contributed by atoms with van der Waals surface area (Å²) in [5, 5.41) is 0. The van der Waals surface area contributed by atoms with Crippen molar-refractivity contribution >= 4 is 5.91 Å². The molecule has 0 saturated carbocycles. The lowest BCUT2D eigenvalue weighted by atomic mass is 9.83. The quantitative estimate of drug-likeness (QED) is 0.679. The Morgan fingerprint density at radius 3 is 1.79 bits per heavy atom. The average molecular weight is 199 g/mol. The van der Waals surface area contributed by atoms with Crippen LogP contribution in [0.25, 0.3) is 0 Å². The molecule has 2 heteroatoms. The highest BCUT2D eigenvalue weighted by Gasteiger charge is 2.24. The molecule has 0 heterocycles. The Morgan fingerprint density at radius 1 is 1.00 bits per heavy atom. The van der Waals surface area contributed by atoms with Gasteiger partial charge in [-0.3, -0.25) is 4.79 Å². The van der Waals surface area contributed by atoms with Gasteiger partial charge in [0.05, 0.1) is 0 Å². The van der Waals surface area contributed by atoms with Crippen LogP contribution in [0.3, 0.4) is 0 Å². The third kappa shape index (κ3) is 6.01. The van der Waals surface area contributed by atoms with Crippen molar-refractivity contribution in [2.75, 3.05) is 0 Å². The smallest absolute Gasteiger partial charge is 0.223 e. The summed E-state index contributed by atoms with van der Waals surface area (Å²) in [6, 6.07) is 0. The first-order chi connectivity index (χ1) is 6.15. The van der Waals surface area contributed by atoms with Gasteiger partial charge in [0, 0.05) is 5.41 Å². The van der Waals surface area contributed by atoms with E-state index in [1.54, 1.807) is 0 Å². The van der Waals surface area contributed by atoms with Crippen molar-refractivity contribution in [2.24, 2.45) is 16.6 Å². The van der Waals surface area contributed by atoms with Crippen LogP contribution < -0.4 is 5.73 Å². The van der Waals surface area contributed by atoms with E-state index in [0.717, 1.165) is 12.8 Å². The van der Waals surface area contributed by atoms with Crippen LogP contribution in [0.1, 0.15) is 60.3 Å². The summed E-state index contributed by atoms with van der Waals surface area (Å²) < 4.78 is 0. The van der Waals surface area contributed by atoms with Crippen LogP contribution in [0.5, 0.6) is 0 Å². The first-order valence-corrected chi connectivity index (χ1v) is 5.45. The Labute approximate surface area is 88.3 Å². The number of hydrogen-bond donors (Lipinski definition) is 1. The first-order valence-electron chi connectivity index (χ1n) is 5.45. The van der Waals surface area contributed by atoms with Crippen molar-refractivity contribution in [3.63, 3.8) is 0 Å². The van der Waals surface area contributed by atoms with Gasteiger partial charge in [-0.2, -0.15) is 0 Å². The number of nitrogens with two attached hydrogens (primary N) is 1. The fourth-order valence-electron chi connectivity index (χ4n) is 1.35.